The molecule has 0 unspecified atom stereocenters. The Bertz CT molecular complexity index is 767. The van der Waals surface area contributed by atoms with Crippen molar-refractivity contribution < 1.29 is 4.74 Å². The van der Waals surface area contributed by atoms with Crippen molar-refractivity contribution in [2.45, 2.75) is 0 Å². The van der Waals surface area contributed by atoms with Crippen molar-refractivity contribution in [2.24, 2.45) is 0 Å². The number of hydrogen-bond donors (Lipinski definition) is 0. The standard InChI is InChI=1S/C21H22N2O/c1-22(17-7-5-4-6-8-17)18-9-11-19(12-10-18)23(2)20-13-15-21(24-3)16-14-20/h4-16H,1-3H3. The molecule has 0 saturated heterocycles. The summed E-state index contributed by atoms with van der Waals surface area (Å²) in [5.74, 6) is 0.868. The van der Waals surface area contributed by atoms with Gasteiger partial charge >= 0.3 is 0 Å². The van der Waals surface area contributed by atoms with Crippen molar-refractivity contribution in [3.63, 3.8) is 0 Å². The molecule has 3 rings (SSSR count). The first-order valence-electron chi connectivity index (χ1n) is 7.95. The molecule has 24 heavy (non-hydrogen) atoms. The fourth-order valence-corrected chi connectivity index (χ4v) is 2.66. The van der Waals surface area contributed by atoms with E-state index in [1.807, 2.05) is 18.2 Å². The molecule has 0 aliphatic rings. The molecule has 0 spiro atoms. The lowest BCUT2D eigenvalue weighted by Gasteiger charge is -2.23. The summed E-state index contributed by atoms with van der Waals surface area (Å²) >= 11 is 0. The van der Waals surface area contributed by atoms with E-state index in [0.29, 0.717) is 0 Å². The van der Waals surface area contributed by atoms with Crippen LogP contribution in [0.2, 0.25) is 0 Å². The Morgan fingerprint density at radius 1 is 0.542 bits per heavy atom. The first-order valence-corrected chi connectivity index (χ1v) is 7.95. The van der Waals surface area contributed by atoms with Crippen molar-refractivity contribution in [1.82, 2.24) is 0 Å². The summed E-state index contributed by atoms with van der Waals surface area (Å²) in [6.45, 7) is 0. The first kappa shape index (κ1) is 15.9. The number of hydrogen-bond acceptors (Lipinski definition) is 3. The highest BCUT2D eigenvalue weighted by atomic mass is 16.5. The molecule has 0 fully saturated rings. The van der Waals surface area contributed by atoms with E-state index in [0.717, 1.165) is 22.8 Å². The molecule has 0 aliphatic heterocycles. The summed E-state index contributed by atoms with van der Waals surface area (Å²) in [6, 6.07) is 27.0. The molecular weight excluding hydrogens is 296 g/mol. The van der Waals surface area contributed by atoms with Crippen molar-refractivity contribution >= 4 is 22.7 Å². The van der Waals surface area contributed by atoms with Gasteiger partial charge in [0, 0.05) is 36.8 Å². The zero-order valence-corrected chi connectivity index (χ0v) is 14.3. The summed E-state index contributed by atoms with van der Waals surface area (Å²) < 4.78 is 5.21. The highest BCUT2D eigenvalue weighted by Gasteiger charge is 2.07. The Hall–Kier alpha value is -2.94. The quantitative estimate of drug-likeness (QED) is 0.640. The maximum absolute atomic E-state index is 5.21. The molecule has 0 heterocycles. The number of nitrogens with zero attached hydrogens (tertiary/aromatic N) is 2. The van der Waals surface area contributed by atoms with E-state index in [2.05, 4.69) is 84.6 Å². The van der Waals surface area contributed by atoms with Crippen LogP contribution in [0.5, 0.6) is 5.75 Å². The third kappa shape index (κ3) is 3.35. The third-order valence-electron chi connectivity index (χ3n) is 4.23. The van der Waals surface area contributed by atoms with Crippen molar-refractivity contribution in [1.29, 1.82) is 0 Å². The van der Waals surface area contributed by atoms with Gasteiger partial charge in [0.05, 0.1) is 7.11 Å². The minimum absolute atomic E-state index is 0.868. The number of rotatable bonds is 5. The van der Waals surface area contributed by atoms with Crippen LogP contribution in [0.25, 0.3) is 0 Å². The van der Waals surface area contributed by atoms with Crippen LogP contribution in [0.3, 0.4) is 0 Å². The monoisotopic (exact) mass is 318 g/mol. The maximum Gasteiger partial charge on any atom is 0.119 e. The van der Waals surface area contributed by atoms with Crippen LogP contribution >= 0.6 is 0 Å². The van der Waals surface area contributed by atoms with Crippen LogP contribution in [0.15, 0.2) is 78.9 Å². The number of para-hydroxylation sites is 1. The van der Waals surface area contributed by atoms with Gasteiger partial charge in [-0.3, -0.25) is 0 Å². The molecule has 3 aromatic carbocycles. The number of methoxy groups -OCH3 is 1. The van der Waals surface area contributed by atoms with Gasteiger partial charge in [-0.1, -0.05) is 18.2 Å². The summed E-state index contributed by atoms with van der Waals surface area (Å²) in [6.07, 6.45) is 0. The van der Waals surface area contributed by atoms with Gasteiger partial charge in [-0.15, -0.1) is 0 Å². The summed E-state index contributed by atoms with van der Waals surface area (Å²) in [7, 11) is 5.83. The zero-order chi connectivity index (χ0) is 16.9. The second-order valence-corrected chi connectivity index (χ2v) is 5.67. The van der Waals surface area contributed by atoms with Gasteiger partial charge in [-0.2, -0.15) is 0 Å². The predicted octanol–water partition coefficient (Wildman–Crippen LogP) is 5.23. The second-order valence-electron chi connectivity index (χ2n) is 5.67. The Balaban J connectivity index is 1.78. The SMILES string of the molecule is COc1ccc(N(C)c2ccc(N(C)c3ccccc3)cc2)cc1. The Labute approximate surface area is 143 Å². The first-order chi connectivity index (χ1) is 11.7. The summed E-state index contributed by atoms with van der Waals surface area (Å²) in [4.78, 5) is 4.34. The molecule has 0 radical (unpaired) electrons. The van der Waals surface area contributed by atoms with Crippen LogP contribution in [-0.4, -0.2) is 21.2 Å². The van der Waals surface area contributed by atoms with Gasteiger partial charge in [0.1, 0.15) is 5.75 Å². The minimum Gasteiger partial charge on any atom is -0.497 e. The topological polar surface area (TPSA) is 15.7 Å². The Morgan fingerprint density at radius 2 is 0.917 bits per heavy atom. The molecule has 0 bridgehead atoms. The van der Waals surface area contributed by atoms with Crippen molar-refractivity contribution in [2.75, 3.05) is 31.0 Å². The lowest BCUT2D eigenvalue weighted by Crippen LogP contribution is -2.11. The molecule has 0 atom stereocenters. The van der Waals surface area contributed by atoms with Gasteiger partial charge < -0.3 is 14.5 Å². The summed E-state index contributed by atoms with van der Waals surface area (Å²) in [5.41, 5.74) is 4.60. The maximum atomic E-state index is 5.21. The van der Waals surface area contributed by atoms with Crippen LogP contribution in [0.1, 0.15) is 0 Å². The van der Waals surface area contributed by atoms with E-state index in [4.69, 9.17) is 4.74 Å². The lowest BCUT2D eigenvalue weighted by molar-refractivity contribution is 0.415. The fourth-order valence-electron chi connectivity index (χ4n) is 2.66. The molecule has 0 amide bonds. The molecule has 3 aromatic rings. The Morgan fingerprint density at radius 3 is 1.33 bits per heavy atom. The molecule has 0 aromatic heterocycles. The average Bonchev–Trinajstić information content (AvgIpc) is 2.68. The van der Waals surface area contributed by atoms with Gasteiger partial charge in [0.15, 0.2) is 0 Å². The second kappa shape index (κ2) is 7.09. The van der Waals surface area contributed by atoms with Crippen LogP contribution in [-0.2, 0) is 0 Å². The molecule has 0 aliphatic carbocycles. The molecule has 122 valence electrons. The van der Waals surface area contributed by atoms with Crippen LogP contribution in [0.4, 0.5) is 22.7 Å². The highest BCUT2D eigenvalue weighted by Crippen LogP contribution is 2.29. The molecule has 3 nitrogen and oxygen atoms in total. The van der Waals surface area contributed by atoms with Crippen LogP contribution < -0.4 is 14.5 Å². The van der Waals surface area contributed by atoms with Crippen LogP contribution in [0, 0.1) is 0 Å². The van der Waals surface area contributed by atoms with E-state index < -0.39 is 0 Å². The number of ether oxygens (including phenoxy) is 1. The average molecular weight is 318 g/mol. The van der Waals surface area contributed by atoms with Crippen molar-refractivity contribution in [3.05, 3.63) is 78.9 Å². The predicted molar refractivity (Wildman–Crippen MR) is 102 cm³/mol. The van der Waals surface area contributed by atoms with E-state index in [1.165, 1.54) is 5.69 Å². The normalized spacial score (nSPS) is 10.3. The third-order valence-corrected chi connectivity index (χ3v) is 4.23. The minimum atomic E-state index is 0.868. The number of benzene rings is 3. The molecule has 0 N–H and O–H groups in total. The van der Waals surface area contributed by atoms with E-state index in [9.17, 15) is 0 Å². The van der Waals surface area contributed by atoms with Gasteiger partial charge in [0.2, 0.25) is 0 Å². The van der Waals surface area contributed by atoms with E-state index in [1.54, 1.807) is 7.11 Å². The largest absolute Gasteiger partial charge is 0.497 e. The number of anilines is 4. The van der Waals surface area contributed by atoms with E-state index >= 15 is 0 Å². The summed E-state index contributed by atoms with van der Waals surface area (Å²) in [5, 5.41) is 0. The van der Waals surface area contributed by atoms with Gasteiger partial charge in [0.25, 0.3) is 0 Å². The van der Waals surface area contributed by atoms with Gasteiger partial charge in [-0.25, -0.2) is 0 Å². The molecule has 3 heteroatoms. The zero-order valence-electron chi connectivity index (χ0n) is 14.3. The molecule has 0 saturated carbocycles. The lowest BCUT2D eigenvalue weighted by atomic mass is 10.2. The smallest absolute Gasteiger partial charge is 0.119 e. The fraction of sp³-hybridized carbons (Fsp3) is 0.143. The highest BCUT2D eigenvalue weighted by molar-refractivity contribution is 5.68. The van der Waals surface area contributed by atoms with Crippen molar-refractivity contribution in [3.8, 4) is 5.75 Å². The Kier molecular flexibility index (Phi) is 4.71. The van der Waals surface area contributed by atoms with Gasteiger partial charge in [-0.05, 0) is 60.7 Å². The molecular formula is C21H22N2O. The van der Waals surface area contributed by atoms with E-state index in [-0.39, 0.29) is 0 Å².